The maximum Gasteiger partial charge on any atom is 0.310 e. The van der Waals surface area contributed by atoms with Gasteiger partial charge in [0.15, 0.2) is 0 Å². The van der Waals surface area contributed by atoms with E-state index in [0.717, 1.165) is 63.7 Å². The van der Waals surface area contributed by atoms with Gasteiger partial charge in [0, 0.05) is 5.92 Å². The first-order valence-electron chi connectivity index (χ1n) is 14.7. The number of carbonyl (C=O) groups excluding carboxylic acids is 1. The van der Waals surface area contributed by atoms with Crippen molar-refractivity contribution in [2.75, 3.05) is 6.61 Å². The molecule has 4 aliphatic carbocycles. The molecule has 0 spiro atoms. The largest absolute Gasteiger partial charge is 0.481 e. The van der Waals surface area contributed by atoms with Gasteiger partial charge in [-0.1, -0.05) is 20.3 Å². The fourth-order valence-electron chi connectivity index (χ4n) is 7.65. The van der Waals surface area contributed by atoms with Gasteiger partial charge in [-0.25, -0.2) is 4.89 Å². The second-order valence-electron chi connectivity index (χ2n) is 12.6. The molecule has 0 aromatic carbocycles. The normalized spacial score (nSPS) is 42.0. The number of aliphatic carboxylic acids is 1. The summed E-state index contributed by atoms with van der Waals surface area (Å²) in [5.41, 5.74) is 0. The van der Waals surface area contributed by atoms with Crippen molar-refractivity contribution < 1.29 is 34.3 Å². The van der Waals surface area contributed by atoms with E-state index in [1.54, 1.807) is 0 Å². The first-order chi connectivity index (χ1) is 17.3. The molecule has 4 saturated carbocycles. The van der Waals surface area contributed by atoms with Crippen molar-refractivity contribution in [1.29, 1.82) is 0 Å². The summed E-state index contributed by atoms with van der Waals surface area (Å²) in [4.78, 5) is 29.0. The average molecular weight is 509 g/mol. The third-order valence-electron chi connectivity index (χ3n) is 9.97. The van der Waals surface area contributed by atoms with E-state index < -0.39 is 17.8 Å². The van der Waals surface area contributed by atoms with E-state index in [4.69, 9.17) is 14.7 Å². The van der Waals surface area contributed by atoms with E-state index in [1.807, 2.05) is 0 Å². The third-order valence-corrected chi connectivity index (χ3v) is 9.97. The van der Waals surface area contributed by atoms with Crippen molar-refractivity contribution in [2.45, 2.75) is 122 Å². The van der Waals surface area contributed by atoms with Gasteiger partial charge in [-0.15, -0.1) is 0 Å². The number of carboxylic acids is 1. The molecule has 0 aromatic rings. The Bertz CT molecular complexity index is 710. The van der Waals surface area contributed by atoms with Crippen LogP contribution in [0.1, 0.15) is 104 Å². The Labute approximate surface area is 216 Å². The van der Waals surface area contributed by atoms with Gasteiger partial charge in [-0.3, -0.25) is 14.8 Å². The Morgan fingerprint density at radius 2 is 1.31 bits per heavy atom. The molecule has 0 aromatic heterocycles. The first kappa shape index (κ1) is 27.8. The summed E-state index contributed by atoms with van der Waals surface area (Å²) in [7, 11) is 0. The van der Waals surface area contributed by atoms with Gasteiger partial charge >= 0.3 is 11.9 Å². The van der Waals surface area contributed by atoms with Gasteiger partial charge in [0.05, 0.1) is 30.7 Å². The zero-order valence-corrected chi connectivity index (χ0v) is 22.3. The molecular weight excluding hydrogens is 460 g/mol. The quantitative estimate of drug-likeness (QED) is 0.232. The van der Waals surface area contributed by atoms with Crippen molar-refractivity contribution in [1.82, 2.24) is 0 Å². The smallest absolute Gasteiger partial charge is 0.310 e. The van der Waals surface area contributed by atoms with E-state index in [9.17, 15) is 14.7 Å². The third kappa shape index (κ3) is 7.22. The highest BCUT2D eigenvalue weighted by Crippen LogP contribution is 2.42. The Morgan fingerprint density at radius 3 is 1.92 bits per heavy atom. The van der Waals surface area contributed by atoms with Crippen molar-refractivity contribution in [3.8, 4) is 0 Å². The molecule has 0 aliphatic heterocycles. The molecule has 4 rings (SSSR count). The van der Waals surface area contributed by atoms with Crippen molar-refractivity contribution >= 4 is 11.9 Å². The van der Waals surface area contributed by atoms with Gasteiger partial charge in [-0.2, -0.15) is 0 Å². The van der Waals surface area contributed by atoms with Crippen molar-refractivity contribution in [3.63, 3.8) is 0 Å². The highest BCUT2D eigenvalue weighted by atomic mass is 17.1. The van der Waals surface area contributed by atoms with Gasteiger partial charge in [0.1, 0.15) is 6.10 Å². The minimum atomic E-state index is -0.859. The molecule has 0 radical (unpaired) electrons. The molecule has 4 fully saturated rings. The van der Waals surface area contributed by atoms with Gasteiger partial charge in [-0.05, 0) is 107 Å². The lowest BCUT2D eigenvalue weighted by Crippen LogP contribution is -2.39. The summed E-state index contributed by atoms with van der Waals surface area (Å²) < 4.78 is 12.4. The van der Waals surface area contributed by atoms with Crippen LogP contribution < -0.4 is 0 Å². The number of hydrogen-bond acceptors (Lipinski definition) is 6. The van der Waals surface area contributed by atoms with E-state index in [2.05, 4.69) is 18.7 Å². The lowest BCUT2D eigenvalue weighted by molar-refractivity contribution is -0.262. The van der Waals surface area contributed by atoms with Crippen LogP contribution >= 0.6 is 0 Å². The summed E-state index contributed by atoms with van der Waals surface area (Å²) >= 11 is 0. The fourth-order valence-corrected chi connectivity index (χ4v) is 7.65. The van der Waals surface area contributed by atoms with Crippen LogP contribution in [0.15, 0.2) is 0 Å². The van der Waals surface area contributed by atoms with E-state index >= 15 is 0 Å². The predicted molar refractivity (Wildman–Crippen MR) is 135 cm³/mol. The number of rotatable bonds is 8. The lowest BCUT2D eigenvalue weighted by Gasteiger charge is -2.41. The van der Waals surface area contributed by atoms with E-state index in [1.165, 1.54) is 19.3 Å². The van der Waals surface area contributed by atoms with Crippen LogP contribution in [-0.2, 0) is 24.0 Å². The average Bonchev–Trinajstić information content (AvgIpc) is 2.86. The molecule has 0 heterocycles. The molecule has 7 heteroatoms. The molecule has 2 N–H and O–H groups in total. The Morgan fingerprint density at radius 1 is 0.722 bits per heavy atom. The second kappa shape index (κ2) is 13.1. The number of ether oxygens (including phenoxy) is 2. The number of carboxylic acid groups (broad SMARTS) is 1. The summed E-state index contributed by atoms with van der Waals surface area (Å²) in [6.07, 6.45) is 14.4. The van der Waals surface area contributed by atoms with Crippen LogP contribution in [0.3, 0.4) is 0 Å². The van der Waals surface area contributed by atoms with Crippen LogP contribution in [-0.4, -0.2) is 47.2 Å². The topological polar surface area (TPSA) is 102 Å². The monoisotopic (exact) mass is 508 g/mol. The SMILES string of the molecule is CC1CCC(COO)C(OC2CCC(C3CCC(OC(=O)C4CC(C)CCC4C(=O)O)CC3)CC2)C1. The maximum absolute atomic E-state index is 12.9. The van der Waals surface area contributed by atoms with E-state index in [-0.39, 0.29) is 18.2 Å². The summed E-state index contributed by atoms with van der Waals surface area (Å²) in [5.74, 6) is 0.529. The summed E-state index contributed by atoms with van der Waals surface area (Å²) in [5, 5.41) is 18.5. The molecule has 6 unspecified atom stereocenters. The Hall–Kier alpha value is -1.18. The maximum atomic E-state index is 12.9. The molecular formula is C29H48O7. The molecule has 7 nitrogen and oxygen atoms in total. The Balaban J connectivity index is 1.18. The van der Waals surface area contributed by atoms with Crippen molar-refractivity contribution in [2.24, 2.45) is 41.4 Å². The first-order valence-corrected chi connectivity index (χ1v) is 14.7. The highest BCUT2D eigenvalue weighted by molar-refractivity contribution is 5.81. The molecule has 206 valence electrons. The van der Waals surface area contributed by atoms with Crippen LogP contribution in [0.2, 0.25) is 0 Å². The highest BCUT2D eigenvalue weighted by Gasteiger charge is 2.41. The molecule has 0 bridgehead atoms. The minimum absolute atomic E-state index is 0.0564. The number of hydrogen-bond donors (Lipinski definition) is 2. The Kier molecular flexibility index (Phi) is 10.1. The molecule has 0 saturated heterocycles. The standard InChI is InChI=1S/C29H48O7/c1-18-4-14-25(28(30)31)26(15-18)29(32)36-24-12-8-21(9-13-24)20-6-10-23(11-7-20)35-27-16-19(2)3-5-22(27)17-34-33/h18-27,33H,3-17H2,1-2H3,(H,30,31). The van der Waals surface area contributed by atoms with E-state index in [0.29, 0.717) is 49.2 Å². The minimum Gasteiger partial charge on any atom is -0.481 e. The van der Waals surface area contributed by atoms with Crippen LogP contribution in [0.25, 0.3) is 0 Å². The zero-order chi connectivity index (χ0) is 25.7. The van der Waals surface area contributed by atoms with Gasteiger partial charge < -0.3 is 14.6 Å². The number of carbonyl (C=O) groups is 2. The predicted octanol–water partition coefficient (Wildman–Crippen LogP) is 6.10. The molecule has 36 heavy (non-hydrogen) atoms. The summed E-state index contributed by atoms with van der Waals surface area (Å²) in [6.45, 7) is 4.76. The number of esters is 1. The summed E-state index contributed by atoms with van der Waals surface area (Å²) in [6, 6.07) is 0. The van der Waals surface area contributed by atoms with Crippen LogP contribution in [0, 0.1) is 41.4 Å². The lowest BCUT2D eigenvalue weighted by atomic mass is 9.72. The van der Waals surface area contributed by atoms with Crippen LogP contribution in [0.4, 0.5) is 0 Å². The molecule has 6 atom stereocenters. The molecule has 4 aliphatic rings. The fraction of sp³-hybridized carbons (Fsp3) is 0.931. The second-order valence-corrected chi connectivity index (χ2v) is 12.6. The van der Waals surface area contributed by atoms with Crippen LogP contribution in [0.5, 0.6) is 0 Å². The zero-order valence-electron chi connectivity index (χ0n) is 22.3. The van der Waals surface area contributed by atoms with Crippen molar-refractivity contribution in [3.05, 3.63) is 0 Å². The van der Waals surface area contributed by atoms with Gasteiger partial charge in [0.2, 0.25) is 0 Å². The molecule has 0 amide bonds. The van der Waals surface area contributed by atoms with Gasteiger partial charge in [0.25, 0.3) is 0 Å².